The molecule has 0 aliphatic heterocycles. The van der Waals surface area contributed by atoms with E-state index in [2.05, 4.69) is 14.7 Å². The molecule has 2 aromatic heterocycles. The molecule has 0 amide bonds. The van der Waals surface area contributed by atoms with Gasteiger partial charge in [-0.2, -0.15) is 0 Å². The van der Waals surface area contributed by atoms with Crippen molar-refractivity contribution in [3.05, 3.63) is 57.2 Å². The van der Waals surface area contributed by atoms with Gasteiger partial charge in [0.15, 0.2) is 0 Å². The summed E-state index contributed by atoms with van der Waals surface area (Å²) in [5.41, 5.74) is 1.17. The van der Waals surface area contributed by atoms with Crippen LogP contribution in [0, 0.1) is 6.92 Å². The van der Waals surface area contributed by atoms with E-state index >= 15 is 0 Å². The van der Waals surface area contributed by atoms with E-state index in [-0.39, 0.29) is 16.5 Å². The third-order valence-electron chi connectivity index (χ3n) is 2.74. The zero-order chi connectivity index (χ0) is 14.8. The minimum Gasteiger partial charge on any atom is -0.326 e. The highest BCUT2D eigenvalue weighted by Gasteiger charge is 2.15. The lowest BCUT2D eigenvalue weighted by Crippen LogP contribution is -2.24. The zero-order valence-electron chi connectivity index (χ0n) is 10.6. The van der Waals surface area contributed by atoms with Crippen LogP contribution in [-0.4, -0.2) is 18.4 Å². The van der Waals surface area contributed by atoms with Gasteiger partial charge in [-0.05, 0) is 30.2 Å². The SMILES string of the molecule is Cc1ccncc1CNS(=O)(=O)c1c[nH]c(=O)c(Cl)c1. The standard InChI is InChI=1S/C12H12ClN3O3S/c1-8-2-3-14-5-9(8)6-16-20(18,19)10-4-11(13)12(17)15-7-10/h2-5,7,16H,6H2,1H3,(H,15,17). The molecule has 0 aromatic carbocycles. The van der Waals surface area contributed by atoms with Crippen LogP contribution in [0.1, 0.15) is 11.1 Å². The topological polar surface area (TPSA) is 91.9 Å². The number of aromatic nitrogens is 2. The maximum absolute atomic E-state index is 12.1. The first kappa shape index (κ1) is 14.7. The van der Waals surface area contributed by atoms with E-state index in [1.807, 2.05) is 6.92 Å². The van der Waals surface area contributed by atoms with Crippen LogP contribution in [0.3, 0.4) is 0 Å². The molecule has 0 unspecified atom stereocenters. The van der Waals surface area contributed by atoms with Crippen molar-refractivity contribution in [2.24, 2.45) is 0 Å². The van der Waals surface area contributed by atoms with Gasteiger partial charge in [0.2, 0.25) is 10.0 Å². The molecule has 8 heteroatoms. The van der Waals surface area contributed by atoms with Crippen molar-refractivity contribution >= 4 is 21.6 Å². The van der Waals surface area contributed by atoms with Crippen LogP contribution >= 0.6 is 11.6 Å². The van der Waals surface area contributed by atoms with E-state index in [0.717, 1.165) is 23.4 Å². The molecule has 0 radical (unpaired) electrons. The van der Waals surface area contributed by atoms with Gasteiger partial charge >= 0.3 is 0 Å². The van der Waals surface area contributed by atoms with Crippen molar-refractivity contribution < 1.29 is 8.42 Å². The molecule has 0 saturated heterocycles. The van der Waals surface area contributed by atoms with Gasteiger partial charge in [-0.15, -0.1) is 0 Å². The van der Waals surface area contributed by atoms with Crippen LogP contribution < -0.4 is 10.3 Å². The number of aromatic amines is 1. The van der Waals surface area contributed by atoms with Gasteiger partial charge in [0, 0.05) is 25.1 Å². The van der Waals surface area contributed by atoms with Crippen molar-refractivity contribution in [2.45, 2.75) is 18.4 Å². The maximum atomic E-state index is 12.1. The Bertz CT molecular complexity index is 787. The first-order valence-electron chi connectivity index (χ1n) is 5.67. The van der Waals surface area contributed by atoms with Gasteiger partial charge in [-0.1, -0.05) is 11.6 Å². The summed E-state index contributed by atoms with van der Waals surface area (Å²) in [5, 5.41) is -0.176. The molecule has 0 bridgehead atoms. The largest absolute Gasteiger partial charge is 0.326 e. The molecule has 0 saturated carbocycles. The molecule has 0 fully saturated rings. The fourth-order valence-electron chi connectivity index (χ4n) is 1.53. The minimum absolute atomic E-state index is 0.0938. The zero-order valence-corrected chi connectivity index (χ0v) is 12.1. The molecule has 20 heavy (non-hydrogen) atoms. The Hall–Kier alpha value is -1.70. The summed E-state index contributed by atoms with van der Waals surface area (Å²) in [7, 11) is -3.75. The number of hydrogen-bond donors (Lipinski definition) is 2. The van der Waals surface area contributed by atoms with Gasteiger partial charge < -0.3 is 4.98 Å². The average molecular weight is 314 g/mol. The van der Waals surface area contributed by atoms with Gasteiger partial charge in [0.25, 0.3) is 5.56 Å². The minimum atomic E-state index is -3.75. The van der Waals surface area contributed by atoms with E-state index in [1.165, 1.54) is 0 Å². The van der Waals surface area contributed by atoms with E-state index in [4.69, 9.17) is 11.6 Å². The molecule has 0 aliphatic carbocycles. The fraction of sp³-hybridized carbons (Fsp3) is 0.167. The van der Waals surface area contributed by atoms with Crippen molar-refractivity contribution in [1.82, 2.24) is 14.7 Å². The lowest BCUT2D eigenvalue weighted by atomic mass is 10.2. The number of halogens is 1. The normalized spacial score (nSPS) is 11.5. The molecular formula is C12H12ClN3O3S. The molecule has 0 atom stereocenters. The monoisotopic (exact) mass is 313 g/mol. The number of H-pyrrole nitrogens is 1. The number of nitrogens with one attached hydrogen (secondary N) is 2. The molecule has 0 aliphatic rings. The predicted octanol–water partition coefficient (Wildman–Crippen LogP) is 1.21. The Kier molecular flexibility index (Phi) is 4.22. The highest BCUT2D eigenvalue weighted by atomic mass is 35.5. The Balaban J connectivity index is 2.21. The second kappa shape index (κ2) is 5.74. The summed E-state index contributed by atoms with van der Waals surface area (Å²) < 4.78 is 26.6. The Morgan fingerprint density at radius 1 is 1.45 bits per heavy atom. The Morgan fingerprint density at radius 2 is 2.20 bits per heavy atom. The number of pyridine rings is 2. The van der Waals surface area contributed by atoms with Crippen LogP contribution in [0.15, 0.2) is 40.4 Å². The quantitative estimate of drug-likeness (QED) is 0.887. The molecule has 2 aromatic rings. The molecule has 6 nitrogen and oxygen atoms in total. The molecule has 0 spiro atoms. The summed E-state index contributed by atoms with van der Waals surface area (Å²) in [4.78, 5) is 17.2. The van der Waals surface area contributed by atoms with Crippen LogP contribution in [-0.2, 0) is 16.6 Å². The van der Waals surface area contributed by atoms with Crippen molar-refractivity contribution in [3.63, 3.8) is 0 Å². The highest BCUT2D eigenvalue weighted by Crippen LogP contribution is 2.12. The summed E-state index contributed by atoms with van der Waals surface area (Å²) in [6.45, 7) is 1.97. The van der Waals surface area contributed by atoms with Crippen LogP contribution in [0.4, 0.5) is 0 Å². The number of rotatable bonds is 4. The predicted molar refractivity (Wildman–Crippen MR) is 75.1 cm³/mol. The number of aryl methyl sites for hydroxylation is 1. The lowest BCUT2D eigenvalue weighted by molar-refractivity contribution is 0.580. The summed E-state index contributed by atoms with van der Waals surface area (Å²) in [6, 6.07) is 2.90. The lowest BCUT2D eigenvalue weighted by Gasteiger charge is -2.08. The summed E-state index contributed by atoms with van der Waals surface area (Å²) in [5.74, 6) is 0. The van der Waals surface area contributed by atoms with E-state index in [0.29, 0.717) is 0 Å². The van der Waals surface area contributed by atoms with Gasteiger partial charge in [0.05, 0.1) is 4.90 Å². The summed E-state index contributed by atoms with van der Waals surface area (Å²) >= 11 is 5.62. The Labute approximate surface area is 120 Å². The third-order valence-corrected chi connectivity index (χ3v) is 4.40. The van der Waals surface area contributed by atoms with Gasteiger partial charge in [0.1, 0.15) is 5.02 Å². The smallest absolute Gasteiger partial charge is 0.266 e. The van der Waals surface area contributed by atoms with Crippen LogP contribution in [0.25, 0.3) is 0 Å². The average Bonchev–Trinajstić information content (AvgIpc) is 2.41. The van der Waals surface area contributed by atoms with Crippen molar-refractivity contribution in [1.29, 1.82) is 0 Å². The molecular weight excluding hydrogens is 302 g/mol. The highest BCUT2D eigenvalue weighted by molar-refractivity contribution is 7.89. The summed E-state index contributed by atoms with van der Waals surface area (Å²) in [6.07, 6.45) is 4.33. The first-order valence-corrected chi connectivity index (χ1v) is 7.53. The third kappa shape index (κ3) is 3.24. The Morgan fingerprint density at radius 3 is 2.85 bits per heavy atom. The number of nitrogens with zero attached hydrogens (tertiary/aromatic N) is 1. The first-order chi connectivity index (χ1) is 9.40. The second-order valence-electron chi connectivity index (χ2n) is 4.14. The van der Waals surface area contributed by atoms with Gasteiger partial charge in [-0.25, -0.2) is 13.1 Å². The van der Waals surface area contributed by atoms with E-state index in [9.17, 15) is 13.2 Å². The molecule has 2 N–H and O–H groups in total. The van der Waals surface area contributed by atoms with Crippen LogP contribution in [0.5, 0.6) is 0 Å². The number of hydrogen-bond acceptors (Lipinski definition) is 4. The number of sulfonamides is 1. The fourth-order valence-corrected chi connectivity index (χ4v) is 2.77. The molecule has 2 rings (SSSR count). The second-order valence-corrected chi connectivity index (χ2v) is 6.31. The van der Waals surface area contributed by atoms with Crippen molar-refractivity contribution in [2.75, 3.05) is 0 Å². The maximum Gasteiger partial charge on any atom is 0.266 e. The van der Waals surface area contributed by atoms with E-state index in [1.54, 1.807) is 18.5 Å². The molecule has 2 heterocycles. The van der Waals surface area contributed by atoms with E-state index < -0.39 is 15.6 Å². The van der Waals surface area contributed by atoms with Crippen molar-refractivity contribution in [3.8, 4) is 0 Å². The van der Waals surface area contributed by atoms with Gasteiger partial charge in [-0.3, -0.25) is 9.78 Å². The van der Waals surface area contributed by atoms with Crippen LogP contribution in [0.2, 0.25) is 5.02 Å². The molecule has 106 valence electrons.